The van der Waals surface area contributed by atoms with Gasteiger partial charge in [0.2, 0.25) is 5.91 Å². The van der Waals surface area contributed by atoms with E-state index in [2.05, 4.69) is 15.6 Å². The topological polar surface area (TPSA) is 97.1 Å². The first kappa shape index (κ1) is 18.8. The van der Waals surface area contributed by atoms with E-state index in [1.807, 2.05) is 20.8 Å². The predicted molar refractivity (Wildman–Crippen MR) is 82.1 cm³/mol. The van der Waals surface area contributed by atoms with E-state index in [1.54, 1.807) is 5.38 Å². The number of nitrogens with zero attached hydrogens (tertiary/aromatic N) is 1. The lowest BCUT2D eigenvalue weighted by molar-refractivity contribution is -0.122. The summed E-state index contributed by atoms with van der Waals surface area (Å²) < 4.78 is 0. The highest BCUT2D eigenvalue weighted by Crippen LogP contribution is 2.08. The van der Waals surface area contributed by atoms with Crippen LogP contribution in [0, 0.1) is 0 Å². The summed E-state index contributed by atoms with van der Waals surface area (Å²) in [5.74, 6) is -0.367. The molecule has 0 aromatic carbocycles. The molecule has 0 aliphatic rings. The lowest BCUT2D eigenvalue weighted by atomic mass is 10.1. The van der Waals surface area contributed by atoms with Gasteiger partial charge in [0, 0.05) is 30.4 Å². The van der Waals surface area contributed by atoms with Crippen LogP contribution < -0.4 is 16.4 Å². The molecule has 1 heterocycles. The summed E-state index contributed by atoms with van der Waals surface area (Å²) in [4.78, 5) is 27.3. The number of aromatic nitrogens is 1. The molecular weight excluding hydrogens is 300 g/mol. The molecule has 114 valence electrons. The van der Waals surface area contributed by atoms with Crippen LogP contribution in [-0.2, 0) is 11.3 Å². The van der Waals surface area contributed by atoms with Crippen molar-refractivity contribution in [2.45, 2.75) is 39.3 Å². The van der Waals surface area contributed by atoms with Crippen LogP contribution in [-0.4, -0.2) is 28.9 Å². The minimum absolute atomic E-state index is 0. The van der Waals surface area contributed by atoms with Gasteiger partial charge in [-0.1, -0.05) is 0 Å². The number of hydrogen-bond donors (Lipinski definition) is 3. The van der Waals surface area contributed by atoms with Crippen molar-refractivity contribution >= 4 is 35.6 Å². The Labute approximate surface area is 128 Å². The first-order valence-corrected chi connectivity index (χ1v) is 6.93. The fourth-order valence-corrected chi connectivity index (χ4v) is 2.02. The van der Waals surface area contributed by atoms with Gasteiger partial charge in [-0.05, 0) is 20.8 Å². The lowest BCUT2D eigenvalue weighted by Crippen LogP contribution is -2.42. The Bertz CT molecular complexity index is 457. The van der Waals surface area contributed by atoms with Crippen molar-refractivity contribution in [3.8, 4) is 0 Å². The second-order valence-electron chi connectivity index (χ2n) is 5.13. The molecule has 20 heavy (non-hydrogen) atoms. The van der Waals surface area contributed by atoms with Gasteiger partial charge < -0.3 is 16.4 Å². The Balaban J connectivity index is 0.00000361. The summed E-state index contributed by atoms with van der Waals surface area (Å²) >= 11 is 1.35. The van der Waals surface area contributed by atoms with E-state index in [0.717, 1.165) is 5.01 Å². The number of nitrogens with one attached hydrogen (secondary N) is 2. The molecule has 0 aliphatic heterocycles. The van der Waals surface area contributed by atoms with E-state index in [0.29, 0.717) is 12.2 Å². The number of amides is 2. The van der Waals surface area contributed by atoms with E-state index >= 15 is 0 Å². The fraction of sp³-hybridized carbons (Fsp3) is 0.583. The van der Waals surface area contributed by atoms with Crippen molar-refractivity contribution in [1.82, 2.24) is 15.6 Å². The van der Waals surface area contributed by atoms with Crippen LogP contribution in [0.4, 0.5) is 0 Å². The zero-order chi connectivity index (χ0) is 14.5. The largest absolute Gasteiger partial charge is 0.351 e. The summed E-state index contributed by atoms with van der Waals surface area (Å²) in [5.41, 5.74) is 5.52. The minimum atomic E-state index is -0.278. The Hall–Kier alpha value is -1.18. The summed E-state index contributed by atoms with van der Waals surface area (Å²) in [6.07, 6.45) is 0.247. The number of thiazole rings is 1. The van der Waals surface area contributed by atoms with Crippen LogP contribution in [0.25, 0.3) is 0 Å². The average molecular weight is 321 g/mol. The SMILES string of the molecule is CC(C)(C)NC(=O)CCNC(=O)c1csc(CN)n1.Cl. The third-order valence-electron chi connectivity index (χ3n) is 2.11. The fourth-order valence-electron chi connectivity index (χ4n) is 1.37. The molecule has 2 amide bonds. The molecule has 0 aliphatic carbocycles. The molecule has 0 saturated carbocycles. The Morgan fingerprint density at radius 3 is 2.55 bits per heavy atom. The molecule has 1 aromatic rings. The Kier molecular flexibility index (Phi) is 7.70. The number of rotatable bonds is 5. The van der Waals surface area contributed by atoms with Crippen molar-refractivity contribution in [1.29, 1.82) is 0 Å². The number of hydrogen-bond acceptors (Lipinski definition) is 5. The molecule has 0 fully saturated rings. The van der Waals surface area contributed by atoms with E-state index in [-0.39, 0.29) is 42.7 Å². The van der Waals surface area contributed by atoms with Gasteiger partial charge in [0.15, 0.2) is 0 Å². The van der Waals surface area contributed by atoms with Crippen LogP contribution in [0.3, 0.4) is 0 Å². The molecule has 0 saturated heterocycles. The number of carbonyl (C=O) groups is 2. The molecule has 0 unspecified atom stereocenters. The predicted octanol–water partition coefficient (Wildman–Crippen LogP) is 1.06. The lowest BCUT2D eigenvalue weighted by Gasteiger charge is -2.20. The number of halogens is 1. The molecule has 0 bridgehead atoms. The molecule has 8 heteroatoms. The second kappa shape index (κ2) is 8.18. The normalized spacial score (nSPS) is 10.6. The number of carbonyl (C=O) groups excluding carboxylic acids is 2. The highest BCUT2D eigenvalue weighted by Gasteiger charge is 2.14. The standard InChI is InChI=1S/C12H20N4O2S.ClH/c1-12(2,3)16-9(17)4-5-14-11(18)8-7-19-10(6-13)15-8;/h7H,4-6,13H2,1-3H3,(H,14,18)(H,16,17);1H. The van der Waals surface area contributed by atoms with Gasteiger partial charge >= 0.3 is 0 Å². The van der Waals surface area contributed by atoms with Crippen LogP contribution >= 0.6 is 23.7 Å². The van der Waals surface area contributed by atoms with Crippen molar-refractivity contribution in [2.75, 3.05) is 6.54 Å². The zero-order valence-electron chi connectivity index (χ0n) is 11.9. The molecule has 1 aromatic heterocycles. The van der Waals surface area contributed by atoms with Gasteiger partial charge in [0.05, 0.1) is 0 Å². The van der Waals surface area contributed by atoms with Crippen molar-refractivity contribution in [2.24, 2.45) is 5.73 Å². The average Bonchev–Trinajstić information content (AvgIpc) is 2.74. The van der Waals surface area contributed by atoms with Crippen LogP contribution in [0.15, 0.2) is 5.38 Å². The smallest absolute Gasteiger partial charge is 0.270 e. The molecule has 6 nitrogen and oxygen atoms in total. The third-order valence-corrected chi connectivity index (χ3v) is 2.98. The van der Waals surface area contributed by atoms with Gasteiger partial charge in [-0.15, -0.1) is 23.7 Å². The van der Waals surface area contributed by atoms with Crippen molar-refractivity contribution < 1.29 is 9.59 Å². The van der Waals surface area contributed by atoms with Crippen molar-refractivity contribution in [3.05, 3.63) is 16.1 Å². The van der Waals surface area contributed by atoms with Crippen LogP contribution in [0.1, 0.15) is 42.7 Å². The monoisotopic (exact) mass is 320 g/mol. The molecule has 1 rings (SSSR count). The first-order chi connectivity index (χ1) is 8.81. The molecule has 4 N–H and O–H groups in total. The highest BCUT2D eigenvalue weighted by molar-refractivity contribution is 7.09. The zero-order valence-corrected chi connectivity index (χ0v) is 13.5. The van der Waals surface area contributed by atoms with E-state index in [1.165, 1.54) is 11.3 Å². The minimum Gasteiger partial charge on any atom is -0.351 e. The summed E-state index contributed by atoms with van der Waals surface area (Å²) in [5, 5.41) is 7.86. The van der Waals surface area contributed by atoms with Gasteiger partial charge in [-0.3, -0.25) is 9.59 Å². The first-order valence-electron chi connectivity index (χ1n) is 6.05. The maximum Gasteiger partial charge on any atom is 0.270 e. The molecular formula is C12H21ClN4O2S. The summed E-state index contributed by atoms with van der Waals surface area (Å²) in [7, 11) is 0. The summed E-state index contributed by atoms with van der Waals surface area (Å²) in [6.45, 7) is 6.34. The Morgan fingerprint density at radius 1 is 1.40 bits per heavy atom. The van der Waals surface area contributed by atoms with E-state index in [9.17, 15) is 9.59 Å². The third kappa shape index (κ3) is 6.83. The quantitative estimate of drug-likeness (QED) is 0.755. The van der Waals surface area contributed by atoms with Gasteiger partial charge in [-0.2, -0.15) is 0 Å². The summed E-state index contributed by atoms with van der Waals surface area (Å²) in [6, 6.07) is 0. The number of nitrogens with two attached hydrogens (primary N) is 1. The second-order valence-corrected chi connectivity index (χ2v) is 6.08. The van der Waals surface area contributed by atoms with Gasteiger partial charge in [-0.25, -0.2) is 4.98 Å². The van der Waals surface area contributed by atoms with E-state index in [4.69, 9.17) is 5.73 Å². The molecule has 0 atom stereocenters. The maximum absolute atomic E-state index is 11.7. The molecule has 0 radical (unpaired) electrons. The van der Waals surface area contributed by atoms with Gasteiger partial charge in [0.25, 0.3) is 5.91 Å². The molecule has 0 spiro atoms. The Morgan fingerprint density at radius 2 is 2.05 bits per heavy atom. The maximum atomic E-state index is 11.7. The van der Waals surface area contributed by atoms with Gasteiger partial charge in [0.1, 0.15) is 10.7 Å². The van der Waals surface area contributed by atoms with Crippen LogP contribution in [0.2, 0.25) is 0 Å². The van der Waals surface area contributed by atoms with Crippen LogP contribution in [0.5, 0.6) is 0 Å². The van der Waals surface area contributed by atoms with Crippen molar-refractivity contribution in [3.63, 3.8) is 0 Å². The highest BCUT2D eigenvalue weighted by atomic mass is 35.5. The van der Waals surface area contributed by atoms with E-state index < -0.39 is 0 Å².